The topological polar surface area (TPSA) is 12.9 Å². The van der Waals surface area contributed by atoms with Crippen molar-refractivity contribution in [3.8, 4) is 0 Å². The Morgan fingerprint density at radius 3 is 2.05 bits per heavy atom. The molecule has 1 heterocycles. The molecule has 1 aromatic heterocycles. The number of rotatable bonds is 4. The Morgan fingerprint density at radius 1 is 1.11 bits per heavy atom. The zero-order chi connectivity index (χ0) is 15.1. The maximum atomic E-state index is 4.00. The lowest BCUT2D eigenvalue weighted by Gasteiger charge is -2.02. The first-order chi connectivity index (χ1) is 9.22. The van der Waals surface area contributed by atoms with Crippen molar-refractivity contribution < 1.29 is 0 Å². The molecule has 106 valence electrons. The molecule has 0 aliphatic rings. The highest BCUT2D eigenvalue weighted by Gasteiger charge is 1.95. The summed E-state index contributed by atoms with van der Waals surface area (Å²) >= 11 is 0. The predicted molar refractivity (Wildman–Crippen MR) is 88.3 cm³/mol. The van der Waals surface area contributed by atoms with E-state index in [2.05, 4.69) is 31.5 Å². The molecule has 1 heteroatoms. The molecule has 0 saturated heterocycles. The Bertz CT molecular complexity index is 368. The predicted octanol–water partition coefficient (Wildman–Crippen LogP) is 5.76. The van der Waals surface area contributed by atoms with Crippen LogP contribution in [0.2, 0.25) is 0 Å². The van der Waals surface area contributed by atoms with Gasteiger partial charge in [-0.3, -0.25) is 4.98 Å². The highest BCUT2D eigenvalue weighted by molar-refractivity contribution is 5.31. The van der Waals surface area contributed by atoms with Crippen LogP contribution in [0.25, 0.3) is 0 Å². The monoisotopic (exact) mass is 259 g/mol. The van der Waals surface area contributed by atoms with Crippen molar-refractivity contribution in [3.63, 3.8) is 0 Å². The van der Waals surface area contributed by atoms with Gasteiger partial charge in [-0.25, -0.2) is 0 Å². The molecule has 0 N–H and O–H groups in total. The summed E-state index contributed by atoms with van der Waals surface area (Å²) in [6.07, 6.45) is 10.6. The fourth-order valence-electron chi connectivity index (χ4n) is 1.42. The van der Waals surface area contributed by atoms with Gasteiger partial charge in [-0.2, -0.15) is 0 Å². The van der Waals surface area contributed by atoms with Crippen LogP contribution in [-0.4, -0.2) is 4.98 Å². The van der Waals surface area contributed by atoms with E-state index in [1.807, 2.05) is 64.4 Å². The van der Waals surface area contributed by atoms with Crippen molar-refractivity contribution >= 4 is 0 Å². The summed E-state index contributed by atoms with van der Waals surface area (Å²) in [7, 11) is 0. The van der Waals surface area contributed by atoms with Gasteiger partial charge in [-0.05, 0) is 43.5 Å². The lowest BCUT2D eigenvalue weighted by Crippen LogP contribution is -1.88. The van der Waals surface area contributed by atoms with Gasteiger partial charge in [0.2, 0.25) is 0 Å². The van der Waals surface area contributed by atoms with Gasteiger partial charge >= 0.3 is 0 Å². The van der Waals surface area contributed by atoms with Crippen LogP contribution in [0.5, 0.6) is 0 Å². The first kappa shape index (κ1) is 19.7. The SMILES string of the molecule is C=C/C=C(\C=C(C)C)Cc1ccncc1.CC.CC. The van der Waals surface area contributed by atoms with E-state index in [0.717, 1.165) is 6.42 Å². The van der Waals surface area contributed by atoms with Gasteiger partial charge in [0.1, 0.15) is 0 Å². The average Bonchev–Trinajstić information content (AvgIpc) is 2.44. The van der Waals surface area contributed by atoms with Crippen LogP contribution in [0.4, 0.5) is 0 Å². The van der Waals surface area contributed by atoms with Gasteiger partial charge < -0.3 is 0 Å². The number of nitrogens with zero attached hydrogens (tertiary/aromatic N) is 1. The van der Waals surface area contributed by atoms with E-state index in [0.29, 0.717) is 0 Å². The van der Waals surface area contributed by atoms with Crippen molar-refractivity contribution in [2.45, 2.75) is 48.0 Å². The molecule has 0 bridgehead atoms. The van der Waals surface area contributed by atoms with E-state index in [1.165, 1.54) is 16.7 Å². The molecule has 0 saturated carbocycles. The molecule has 0 aliphatic carbocycles. The second kappa shape index (κ2) is 14.4. The summed E-state index contributed by atoms with van der Waals surface area (Å²) in [6.45, 7) is 15.9. The van der Waals surface area contributed by atoms with Gasteiger partial charge in [0.25, 0.3) is 0 Å². The Labute approximate surface area is 119 Å². The largest absolute Gasteiger partial charge is 0.265 e. The molecule has 1 rings (SSSR count). The Morgan fingerprint density at radius 2 is 1.63 bits per heavy atom. The maximum absolute atomic E-state index is 4.00. The van der Waals surface area contributed by atoms with E-state index in [9.17, 15) is 0 Å². The summed E-state index contributed by atoms with van der Waals surface area (Å²) in [6, 6.07) is 4.07. The van der Waals surface area contributed by atoms with E-state index >= 15 is 0 Å². The molecule has 0 unspecified atom stereocenters. The van der Waals surface area contributed by atoms with E-state index in [-0.39, 0.29) is 0 Å². The summed E-state index contributed by atoms with van der Waals surface area (Å²) < 4.78 is 0. The lowest BCUT2D eigenvalue weighted by molar-refractivity contribution is 1.15. The number of hydrogen-bond donors (Lipinski definition) is 0. The van der Waals surface area contributed by atoms with E-state index in [1.54, 1.807) is 0 Å². The van der Waals surface area contributed by atoms with E-state index in [4.69, 9.17) is 0 Å². The fourth-order valence-corrected chi connectivity index (χ4v) is 1.42. The van der Waals surface area contributed by atoms with Crippen LogP contribution in [0.3, 0.4) is 0 Å². The molecule has 0 atom stereocenters. The van der Waals surface area contributed by atoms with Crippen molar-refractivity contribution in [2.75, 3.05) is 0 Å². The third kappa shape index (κ3) is 11.2. The minimum absolute atomic E-state index is 0.930. The molecule has 0 spiro atoms. The van der Waals surface area contributed by atoms with Crippen LogP contribution < -0.4 is 0 Å². The summed E-state index contributed by atoms with van der Waals surface area (Å²) in [5, 5.41) is 0. The molecular weight excluding hydrogens is 230 g/mol. The third-order valence-electron chi connectivity index (χ3n) is 1.96. The molecule has 19 heavy (non-hydrogen) atoms. The van der Waals surface area contributed by atoms with Crippen molar-refractivity contribution in [1.82, 2.24) is 4.98 Å². The maximum Gasteiger partial charge on any atom is 0.0270 e. The number of hydrogen-bond acceptors (Lipinski definition) is 1. The van der Waals surface area contributed by atoms with Crippen molar-refractivity contribution in [3.05, 3.63) is 66.0 Å². The standard InChI is InChI=1S/C14H17N.2C2H6/c1-4-5-14(10-12(2)3)11-13-6-8-15-9-7-13;2*1-2/h4-10H,1,11H2,2-3H3;2*1-2H3/b14-5+;;. The van der Waals surface area contributed by atoms with Gasteiger partial charge in [0, 0.05) is 12.4 Å². The molecule has 1 aromatic rings. The minimum Gasteiger partial charge on any atom is -0.265 e. The quantitative estimate of drug-likeness (QED) is 0.627. The first-order valence-electron chi connectivity index (χ1n) is 7.08. The van der Waals surface area contributed by atoms with Crippen LogP contribution in [-0.2, 0) is 6.42 Å². The normalized spacial score (nSPS) is 9.26. The van der Waals surface area contributed by atoms with Gasteiger partial charge in [-0.15, -0.1) is 0 Å². The number of allylic oxidation sites excluding steroid dienone is 5. The first-order valence-corrected chi connectivity index (χ1v) is 7.08. The molecule has 0 amide bonds. The molecule has 0 radical (unpaired) electrons. The van der Waals surface area contributed by atoms with Crippen molar-refractivity contribution in [1.29, 1.82) is 0 Å². The number of aromatic nitrogens is 1. The van der Waals surface area contributed by atoms with Gasteiger partial charge in [-0.1, -0.05) is 58.1 Å². The summed E-state index contributed by atoms with van der Waals surface area (Å²) in [4.78, 5) is 4.00. The zero-order valence-electron chi connectivity index (χ0n) is 13.4. The Balaban J connectivity index is 0. The van der Waals surface area contributed by atoms with Crippen LogP contribution in [0.15, 0.2) is 60.5 Å². The smallest absolute Gasteiger partial charge is 0.0270 e. The molecular formula is C18H29N. The second-order valence-electron chi connectivity index (χ2n) is 3.73. The highest BCUT2D eigenvalue weighted by atomic mass is 14.6. The molecule has 0 aliphatic heterocycles. The Kier molecular flexibility index (Phi) is 15.0. The lowest BCUT2D eigenvalue weighted by atomic mass is 10.0. The van der Waals surface area contributed by atoms with Crippen LogP contribution in [0, 0.1) is 0 Å². The third-order valence-corrected chi connectivity index (χ3v) is 1.96. The van der Waals surface area contributed by atoms with Gasteiger partial charge in [0.15, 0.2) is 0 Å². The fraction of sp³-hybridized carbons (Fsp3) is 0.389. The van der Waals surface area contributed by atoms with Crippen molar-refractivity contribution in [2.24, 2.45) is 0 Å². The van der Waals surface area contributed by atoms with Crippen LogP contribution in [0.1, 0.15) is 47.1 Å². The molecule has 1 nitrogen and oxygen atoms in total. The average molecular weight is 259 g/mol. The highest BCUT2D eigenvalue weighted by Crippen LogP contribution is 2.10. The zero-order valence-corrected chi connectivity index (χ0v) is 13.4. The molecule has 0 aromatic carbocycles. The second-order valence-corrected chi connectivity index (χ2v) is 3.73. The number of pyridine rings is 1. The summed E-state index contributed by atoms with van der Waals surface area (Å²) in [5.74, 6) is 0. The summed E-state index contributed by atoms with van der Waals surface area (Å²) in [5.41, 5.74) is 3.85. The Hall–Kier alpha value is -1.63. The van der Waals surface area contributed by atoms with Crippen LogP contribution >= 0.6 is 0 Å². The van der Waals surface area contributed by atoms with E-state index < -0.39 is 0 Å². The minimum atomic E-state index is 0.930. The van der Waals surface area contributed by atoms with Gasteiger partial charge in [0.05, 0.1) is 0 Å². The molecule has 0 fully saturated rings.